The van der Waals surface area contributed by atoms with Crippen molar-refractivity contribution in [3.63, 3.8) is 0 Å². The van der Waals surface area contributed by atoms with Gasteiger partial charge >= 0.3 is 0 Å². The van der Waals surface area contributed by atoms with E-state index in [1.54, 1.807) is 14.2 Å². The first kappa shape index (κ1) is 13.2. The second kappa shape index (κ2) is 6.08. The van der Waals surface area contributed by atoms with Crippen molar-refractivity contribution in [2.45, 2.75) is 19.3 Å². The normalized spacial score (nSPS) is 10.4. The van der Waals surface area contributed by atoms with Gasteiger partial charge in [-0.3, -0.25) is 4.79 Å². The zero-order valence-corrected chi connectivity index (χ0v) is 11.0. The Morgan fingerprint density at radius 1 is 1.32 bits per heavy atom. The zero-order chi connectivity index (χ0) is 13.7. The van der Waals surface area contributed by atoms with Crippen molar-refractivity contribution in [2.75, 3.05) is 7.11 Å². The van der Waals surface area contributed by atoms with Gasteiger partial charge in [-0.15, -0.1) is 10.2 Å². The molecule has 0 atom stereocenters. The largest absolute Gasteiger partial charge is 0.497 e. The lowest BCUT2D eigenvalue weighted by Gasteiger charge is -2.02. The predicted molar refractivity (Wildman–Crippen MR) is 68.8 cm³/mol. The average molecular weight is 260 g/mol. The van der Waals surface area contributed by atoms with Crippen LogP contribution in [0.5, 0.6) is 5.75 Å². The minimum atomic E-state index is 0.115. The van der Waals surface area contributed by atoms with Crippen LogP contribution in [-0.4, -0.2) is 33.1 Å². The average Bonchev–Trinajstić information content (AvgIpc) is 2.82. The molecule has 0 aliphatic carbocycles. The highest BCUT2D eigenvalue weighted by molar-refractivity contribution is 5.80. The number of carbonyl (C=O) groups excluding carboxylic acids is 1. The lowest BCUT2D eigenvalue weighted by atomic mass is 10.1. The van der Waals surface area contributed by atoms with Crippen molar-refractivity contribution in [3.8, 4) is 5.75 Å². The Hall–Kier alpha value is -2.24. The second-order valence-electron chi connectivity index (χ2n) is 4.26. The number of ether oxygens (including phenoxy) is 1. The van der Waals surface area contributed by atoms with Crippen molar-refractivity contribution in [3.05, 3.63) is 35.7 Å². The van der Waals surface area contributed by atoms with Crippen molar-refractivity contribution < 1.29 is 9.53 Å². The Morgan fingerprint density at radius 2 is 2.05 bits per heavy atom. The molecule has 0 radical (unpaired) electrons. The number of tetrazole rings is 1. The molecule has 0 bridgehead atoms. The molecule has 1 aromatic carbocycles. The molecule has 0 aliphatic rings. The Labute approximate surface area is 111 Å². The molecule has 100 valence electrons. The highest BCUT2D eigenvalue weighted by Gasteiger charge is 2.08. The topological polar surface area (TPSA) is 69.9 Å². The number of hydrogen-bond acceptors (Lipinski definition) is 5. The first-order chi connectivity index (χ1) is 9.17. The summed E-state index contributed by atoms with van der Waals surface area (Å²) in [5, 5.41) is 11.5. The monoisotopic (exact) mass is 260 g/mol. The number of rotatable bonds is 6. The molecule has 2 rings (SSSR count). The van der Waals surface area contributed by atoms with Crippen molar-refractivity contribution in [1.29, 1.82) is 0 Å². The summed E-state index contributed by atoms with van der Waals surface area (Å²) < 4.78 is 5.08. The molecule has 0 N–H and O–H groups in total. The van der Waals surface area contributed by atoms with Crippen LogP contribution < -0.4 is 4.74 Å². The number of nitrogens with zero attached hydrogens (tertiary/aromatic N) is 4. The van der Waals surface area contributed by atoms with Crippen LogP contribution in [0, 0.1) is 0 Å². The van der Waals surface area contributed by atoms with Crippen LogP contribution in [-0.2, 0) is 24.7 Å². The standard InChI is InChI=1S/C13H16N4O2/c1-17-15-13(14-16-17)9-11(18)6-3-10-4-7-12(19-2)8-5-10/h4-5,7-8H,3,6,9H2,1-2H3. The third-order valence-electron chi connectivity index (χ3n) is 2.76. The lowest BCUT2D eigenvalue weighted by molar-refractivity contribution is -0.118. The summed E-state index contributed by atoms with van der Waals surface area (Å²) in [4.78, 5) is 13.1. The van der Waals surface area contributed by atoms with Gasteiger partial charge in [-0.2, -0.15) is 4.80 Å². The lowest BCUT2D eigenvalue weighted by Crippen LogP contribution is -2.06. The Kier molecular flexibility index (Phi) is 4.22. The molecule has 1 heterocycles. The maximum Gasteiger partial charge on any atom is 0.182 e. The number of hydrogen-bond donors (Lipinski definition) is 0. The molecule has 0 saturated heterocycles. The van der Waals surface area contributed by atoms with E-state index in [4.69, 9.17) is 4.74 Å². The molecule has 6 heteroatoms. The van der Waals surface area contributed by atoms with E-state index in [1.807, 2.05) is 24.3 Å². The first-order valence-corrected chi connectivity index (χ1v) is 6.05. The summed E-state index contributed by atoms with van der Waals surface area (Å²) in [5.41, 5.74) is 1.11. The van der Waals surface area contributed by atoms with Crippen LogP contribution >= 0.6 is 0 Å². The highest BCUT2D eigenvalue weighted by Crippen LogP contribution is 2.12. The summed E-state index contributed by atoms with van der Waals surface area (Å²) in [6.45, 7) is 0. The molecule has 0 saturated carbocycles. The summed E-state index contributed by atoms with van der Waals surface area (Å²) in [6, 6.07) is 7.72. The van der Waals surface area contributed by atoms with E-state index in [9.17, 15) is 4.79 Å². The van der Waals surface area contributed by atoms with E-state index in [0.717, 1.165) is 11.3 Å². The van der Waals surface area contributed by atoms with Gasteiger partial charge in [0, 0.05) is 6.42 Å². The third kappa shape index (κ3) is 3.87. The highest BCUT2D eigenvalue weighted by atomic mass is 16.5. The number of carbonyl (C=O) groups is 1. The van der Waals surface area contributed by atoms with Gasteiger partial charge in [0.1, 0.15) is 11.5 Å². The van der Waals surface area contributed by atoms with Crippen LogP contribution in [0.2, 0.25) is 0 Å². The Bertz CT molecular complexity index is 548. The summed E-state index contributed by atoms with van der Waals surface area (Å²) in [7, 11) is 3.31. The Morgan fingerprint density at radius 3 is 2.63 bits per heavy atom. The first-order valence-electron chi connectivity index (χ1n) is 6.05. The summed E-state index contributed by atoms with van der Waals surface area (Å²) in [5.74, 6) is 1.41. The van der Waals surface area contributed by atoms with Gasteiger partial charge in [-0.25, -0.2) is 0 Å². The van der Waals surface area contributed by atoms with Crippen LogP contribution in [0.15, 0.2) is 24.3 Å². The maximum atomic E-state index is 11.8. The van der Waals surface area contributed by atoms with E-state index in [0.29, 0.717) is 18.7 Å². The molecule has 2 aromatic rings. The molecule has 0 fully saturated rings. The van der Waals surface area contributed by atoms with Crippen molar-refractivity contribution >= 4 is 5.78 Å². The van der Waals surface area contributed by atoms with E-state index >= 15 is 0 Å². The van der Waals surface area contributed by atoms with Gasteiger partial charge in [0.15, 0.2) is 5.82 Å². The van der Waals surface area contributed by atoms with Gasteiger partial charge in [0.05, 0.1) is 20.6 Å². The minimum Gasteiger partial charge on any atom is -0.497 e. The molecule has 0 unspecified atom stereocenters. The maximum absolute atomic E-state index is 11.8. The summed E-state index contributed by atoms with van der Waals surface area (Å²) >= 11 is 0. The number of aryl methyl sites for hydroxylation is 2. The molecule has 6 nitrogen and oxygen atoms in total. The summed E-state index contributed by atoms with van der Waals surface area (Å²) in [6.07, 6.45) is 1.43. The third-order valence-corrected chi connectivity index (χ3v) is 2.76. The second-order valence-corrected chi connectivity index (χ2v) is 4.26. The molecule has 19 heavy (non-hydrogen) atoms. The quantitative estimate of drug-likeness (QED) is 0.773. The molecule has 0 aliphatic heterocycles. The van der Waals surface area contributed by atoms with E-state index in [2.05, 4.69) is 15.4 Å². The van der Waals surface area contributed by atoms with E-state index in [1.165, 1.54) is 4.80 Å². The molecular weight excluding hydrogens is 244 g/mol. The minimum absolute atomic E-state index is 0.115. The fourth-order valence-corrected chi connectivity index (χ4v) is 1.73. The number of ketones is 1. The van der Waals surface area contributed by atoms with Crippen molar-refractivity contribution in [1.82, 2.24) is 20.2 Å². The predicted octanol–water partition coefficient (Wildman–Crippen LogP) is 0.963. The number of methoxy groups -OCH3 is 1. The number of aromatic nitrogens is 4. The smallest absolute Gasteiger partial charge is 0.182 e. The van der Waals surface area contributed by atoms with Gasteiger partial charge in [-0.05, 0) is 29.3 Å². The molecular formula is C13H16N4O2. The fraction of sp³-hybridized carbons (Fsp3) is 0.385. The van der Waals surface area contributed by atoms with E-state index < -0.39 is 0 Å². The van der Waals surface area contributed by atoms with Crippen LogP contribution in [0.1, 0.15) is 17.8 Å². The van der Waals surface area contributed by atoms with Crippen LogP contribution in [0.3, 0.4) is 0 Å². The van der Waals surface area contributed by atoms with Crippen LogP contribution in [0.4, 0.5) is 0 Å². The SMILES string of the molecule is COc1ccc(CCC(=O)Cc2nnn(C)n2)cc1. The van der Waals surface area contributed by atoms with Gasteiger partial charge in [0.25, 0.3) is 0 Å². The fourth-order valence-electron chi connectivity index (χ4n) is 1.73. The molecule has 0 spiro atoms. The van der Waals surface area contributed by atoms with Gasteiger partial charge in [-0.1, -0.05) is 12.1 Å². The molecule has 1 aromatic heterocycles. The Balaban J connectivity index is 1.82. The van der Waals surface area contributed by atoms with Crippen LogP contribution in [0.25, 0.3) is 0 Å². The number of Topliss-reactive ketones (excluding diaryl/α,β-unsaturated/α-hetero) is 1. The van der Waals surface area contributed by atoms with E-state index in [-0.39, 0.29) is 12.2 Å². The van der Waals surface area contributed by atoms with Gasteiger partial charge < -0.3 is 4.74 Å². The number of benzene rings is 1. The van der Waals surface area contributed by atoms with Crippen molar-refractivity contribution in [2.24, 2.45) is 7.05 Å². The van der Waals surface area contributed by atoms with Gasteiger partial charge in [0.2, 0.25) is 0 Å². The molecule has 0 amide bonds. The zero-order valence-electron chi connectivity index (χ0n) is 11.0.